The van der Waals surface area contributed by atoms with Crippen LogP contribution in [0, 0.1) is 0 Å². The number of unbranched alkanes of at least 4 members (excludes halogenated alkanes) is 1. The number of alkyl halides is 1. The first-order chi connectivity index (χ1) is 9.65. The Morgan fingerprint density at radius 2 is 1.95 bits per heavy atom. The molecule has 3 heteroatoms. The third-order valence-electron chi connectivity index (χ3n) is 3.75. The molecule has 1 atom stereocenters. The quantitative estimate of drug-likeness (QED) is 0.584. The van der Waals surface area contributed by atoms with Gasteiger partial charge >= 0.3 is 0 Å². The largest absolute Gasteiger partial charge is 0.354 e. The van der Waals surface area contributed by atoms with Gasteiger partial charge in [-0.15, -0.1) is 11.6 Å². The van der Waals surface area contributed by atoms with Gasteiger partial charge in [-0.1, -0.05) is 33.6 Å². The molecule has 114 valence electrons. The minimum absolute atomic E-state index is 0.522. The SMILES string of the molecule is CCCCN(c1cc(CCl)cc(CCC)n1)C(C)CC. The summed E-state index contributed by atoms with van der Waals surface area (Å²) < 4.78 is 0. The van der Waals surface area contributed by atoms with E-state index >= 15 is 0 Å². The fourth-order valence-corrected chi connectivity index (χ4v) is 2.51. The first-order valence-corrected chi connectivity index (χ1v) is 8.52. The maximum absolute atomic E-state index is 6.05. The Kier molecular flexibility index (Phi) is 7.98. The lowest BCUT2D eigenvalue weighted by molar-refractivity contribution is 0.588. The average molecular weight is 297 g/mol. The summed E-state index contributed by atoms with van der Waals surface area (Å²) in [5.41, 5.74) is 2.36. The summed E-state index contributed by atoms with van der Waals surface area (Å²) in [6.07, 6.45) is 5.71. The van der Waals surface area contributed by atoms with Gasteiger partial charge < -0.3 is 4.90 Å². The predicted octanol–water partition coefficient (Wildman–Crippen LogP) is 5.18. The van der Waals surface area contributed by atoms with Crippen molar-refractivity contribution in [1.29, 1.82) is 0 Å². The van der Waals surface area contributed by atoms with Gasteiger partial charge in [-0.2, -0.15) is 0 Å². The third kappa shape index (κ3) is 4.97. The Bertz CT molecular complexity index is 393. The fourth-order valence-electron chi connectivity index (χ4n) is 2.35. The summed E-state index contributed by atoms with van der Waals surface area (Å²) in [6, 6.07) is 4.83. The van der Waals surface area contributed by atoms with Crippen LogP contribution in [-0.2, 0) is 12.3 Å². The Hall–Kier alpha value is -0.760. The van der Waals surface area contributed by atoms with Crippen LogP contribution in [0.2, 0.25) is 0 Å². The molecule has 0 saturated heterocycles. The third-order valence-corrected chi connectivity index (χ3v) is 4.06. The van der Waals surface area contributed by atoms with E-state index in [1.807, 2.05) is 0 Å². The standard InChI is InChI=1S/C17H29ClN2/c1-5-8-10-20(14(4)7-3)17-12-15(13-18)11-16(19-17)9-6-2/h11-12,14H,5-10,13H2,1-4H3. The van der Waals surface area contributed by atoms with Crippen molar-refractivity contribution < 1.29 is 0 Å². The Balaban J connectivity index is 3.06. The van der Waals surface area contributed by atoms with Crippen LogP contribution in [0.25, 0.3) is 0 Å². The molecule has 0 aliphatic rings. The number of hydrogen-bond acceptors (Lipinski definition) is 2. The van der Waals surface area contributed by atoms with E-state index in [1.165, 1.54) is 24.1 Å². The molecule has 0 bridgehead atoms. The zero-order chi connectivity index (χ0) is 15.0. The number of anilines is 1. The number of pyridine rings is 1. The molecule has 1 aromatic heterocycles. The van der Waals surface area contributed by atoms with Gasteiger partial charge in [-0.05, 0) is 43.9 Å². The van der Waals surface area contributed by atoms with Crippen LogP contribution in [0.5, 0.6) is 0 Å². The minimum atomic E-state index is 0.522. The second-order valence-corrected chi connectivity index (χ2v) is 5.78. The Labute approximate surface area is 129 Å². The van der Waals surface area contributed by atoms with Gasteiger partial charge in [0.15, 0.2) is 0 Å². The molecule has 0 amide bonds. The highest BCUT2D eigenvalue weighted by molar-refractivity contribution is 6.17. The molecule has 1 aromatic rings. The molecule has 2 nitrogen and oxygen atoms in total. The van der Waals surface area contributed by atoms with E-state index in [-0.39, 0.29) is 0 Å². The molecule has 0 N–H and O–H groups in total. The minimum Gasteiger partial charge on any atom is -0.354 e. The normalized spacial score (nSPS) is 12.4. The van der Waals surface area contributed by atoms with Crippen molar-refractivity contribution >= 4 is 17.4 Å². The van der Waals surface area contributed by atoms with E-state index in [0.717, 1.165) is 31.6 Å². The van der Waals surface area contributed by atoms with Crippen molar-refractivity contribution in [3.8, 4) is 0 Å². The van der Waals surface area contributed by atoms with Crippen molar-refractivity contribution in [2.75, 3.05) is 11.4 Å². The van der Waals surface area contributed by atoms with E-state index in [9.17, 15) is 0 Å². The lowest BCUT2D eigenvalue weighted by Gasteiger charge is -2.30. The zero-order valence-corrected chi connectivity index (χ0v) is 14.2. The van der Waals surface area contributed by atoms with Crippen LogP contribution < -0.4 is 4.90 Å². The molecule has 0 saturated carbocycles. The van der Waals surface area contributed by atoms with Crippen LogP contribution in [0.15, 0.2) is 12.1 Å². The molecule has 1 rings (SSSR count). The number of halogens is 1. The first kappa shape index (κ1) is 17.3. The zero-order valence-electron chi connectivity index (χ0n) is 13.5. The molecule has 1 unspecified atom stereocenters. The van der Waals surface area contributed by atoms with E-state index < -0.39 is 0 Å². The summed E-state index contributed by atoms with van der Waals surface area (Å²) >= 11 is 6.05. The van der Waals surface area contributed by atoms with Gasteiger partial charge in [0.25, 0.3) is 0 Å². The molecule has 0 aromatic carbocycles. The van der Waals surface area contributed by atoms with Crippen molar-refractivity contribution in [1.82, 2.24) is 4.98 Å². The van der Waals surface area contributed by atoms with Crippen LogP contribution in [0.1, 0.15) is 64.6 Å². The highest BCUT2D eigenvalue weighted by Gasteiger charge is 2.15. The van der Waals surface area contributed by atoms with E-state index in [0.29, 0.717) is 11.9 Å². The molecule has 1 heterocycles. The number of aromatic nitrogens is 1. The van der Waals surface area contributed by atoms with E-state index in [1.54, 1.807) is 0 Å². The second-order valence-electron chi connectivity index (χ2n) is 5.51. The maximum atomic E-state index is 6.05. The van der Waals surface area contributed by atoms with Crippen LogP contribution in [0.4, 0.5) is 5.82 Å². The van der Waals surface area contributed by atoms with Gasteiger partial charge in [0.1, 0.15) is 5.82 Å². The summed E-state index contributed by atoms with van der Waals surface area (Å²) in [5, 5.41) is 0. The summed E-state index contributed by atoms with van der Waals surface area (Å²) in [5.74, 6) is 1.67. The van der Waals surface area contributed by atoms with Crippen molar-refractivity contribution in [2.24, 2.45) is 0 Å². The molecule has 0 aliphatic heterocycles. The van der Waals surface area contributed by atoms with Crippen molar-refractivity contribution in [3.05, 3.63) is 23.4 Å². The smallest absolute Gasteiger partial charge is 0.129 e. The molecule has 0 aliphatic carbocycles. The maximum Gasteiger partial charge on any atom is 0.129 e. The van der Waals surface area contributed by atoms with Crippen molar-refractivity contribution in [2.45, 2.75) is 71.7 Å². The second kappa shape index (κ2) is 9.23. The monoisotopic (exact) mass is 296 g/mol. The molecule has 0 spiro atoms. The Morgan fingerprint density at radius 1 is 1.20 bits per heavy atom. The van der Waals surface area contributed by atoms with Crippen molar-refractivity contribution in [3.63, 3.8) is 0 Å². The number of nitrogens with zero attached hydrogens (tertiary/aromatic N) is 2. The van der Waals surface area contributed by atoms with Crippen LogP contribution in [-0.4, -0.2) is 17.6 Å². The topological polar surface area (TPSA) is 16.1 Å². The summed E-state index contributed by atoms with van der Waals surface area (Å²) in [6.45, 7) is 10.0. The molecule has 0 fully saturated rings. The summed E-state index contributed by atoms with van der Waals surface area (Å²) in [7, 11) is 0. The van der Waals surface area contributed by atoms with Crippen LogP contribution >= 0.6 is 11.6 Å². The highest BCUT2D eigenvalue weighted by Crippen LogP contribution is 2.21. The van der Waals surface area contributed by atoms with Gasteiger partial charge in [-0.3, -0.25) is 0 Å². The number of rotatable bonds is 9. The molecule has 0 radical (unpaired) electrons. The number of aryl methyl sites for hydroxylation is 1. The number of hydrogen-bond donors (Lipinski definition) is 0. The molecule has 20 heavy (non-hydrogen) atoms. The van der Waals surface area contributed by atoms with Crippen LogP contribution in [0.3, 0.4) is 0 Å². The van der Waals surface area contributed by atoms with Gasteiger partial charge in [-0.25, -0.2) is 4.98 Å². The van der Waals surface area contributed by atoms with E-state index in [4.69, 9.17) is 16.6 Å². The van der Waals surface area contributed by atoms with Gasteiger partial charge in [0, 0.05) is 24.2 Å². The summed E-state index contributed by atoms with van der Waals surface area (Å²) in [4.78, 5) is 7.30. The van der Waals surface area contributed by atoms with Gasteiger partial charge in [0.05, 0.1) is 0 Å². The molecular weight excluding hydrogens is 268 g/mol. The van der Waals surface area contributed by atoms with E-state index in [2.05, 4.69) is 44.7 Å². The first-order valence-electron chi connectivity index (χ1n) is 7.98. The van der Waals surface area contributed by atoms with Gasteiger partial charge in [0.2, 0.25) is 0 Å². The highest BCUT2D eigenvalue weighted by atomic mass is 35.5. The average Bonchev–Trinajstić information content (AvgIpc) is 2.47. The lowest BCUT2D eigenvalue weighted by Crippen LogP contribution is -2.34. The molecular formula is C17H29ClN2. The predicted molar refractivity (Wildman–Crippen MR) is 89.8 cm³/mol. The lowest BCUT2D eigenvalue weighted by atomic mass is 10.1. The Morgan fingerprint density at radius 3 is 2.50 bits per heavy atom. The fraction of sp³-hybridized carbons (Fsp3) is 0.706.